The van der Waals surface area contributed by atoms with Gasteiger partial charge in [0.2, 0.25) is 0 Å². The molecule has 1 aliphatic heterocycles. The van der Waals surface area contributed by atoms with Gasteiger partial charge in [-0.25, -0.2) is 0 Å². The third-order valence-electron chi connectivity index (χ3n) is 6.69. The average molecular weight is 456 g/mol. The van der Waals surface area contributed by atoms with E-state index in [-0.39, 0.29) is 7.12 Å². The maximum Gasteiger partial charge on any atom is 0 e. The Labute approximate surface area is 192 Å². The Bertz CT molecular complexity index is 1250. The number of aryl methyl sites for hydroxylation is 1. The number of hydrogen-bond donors (Lipinski definition) is 1. The third-order valence-corrected chi connectivity index (χ3v) is 7.42. The van der Waals surface area contributed by atoms with Crippen molar-refractivity contribution in [1.82, 2.24) is 14.0 Å². The van der Waals surface area contributed by atoms with Crippen molar-refractivity contribution in [3.63, 3.8) is 0 Å². The van der Waals surface area contributed by atoms with Crippen LogP contribution in [0.5, 0.6) is 0 Å². The van der Waals surface area contributed by atoms with Crippen LogP contribution in [0.1, 0.15) is 31.0 Å². The largest absolute Gasteiger partial charge is 0 e. The van der Waals surface area contributed by atoms with Gasteiger partial charge < -0.3 is 0 Å². The number of hydrogen-bond acceptors (Lipinski definition) is 3. The van der Waals surface area contributed by atoms with Crippen molar-refractivity contribution in [3.05, 3.63) is 73.6 Å². The van der Waals surface area contributed by atoms with E-state index in [0.29, 0.717) is 19.0 Å². The van der Waals surface area contributed by atoms with Crippen LogP contribution in [0.15, 0.2) is 47.3 Å². The summed E-state index contributed by atoms with van der Waals surface area (Å²) < 4.78 is 4.60. The van der Waals surface area contributed by atoms with Gasteiger partial charge in [0, 0.05) is 1.43 Å². The molecule has 1 aliphatic carbocycles. The van der Waals surface area contributed by atoms with E-state index < -0.39 is 6.10 Å². The van der Waals surface area contributed by atoms with Crippen LogP contribution in [-0.4, -0.2) is 38.3 Å². The quantitative estimate of drug-likeness (QED) is 0.620. The van der Waals surface area contributed by atoms with Gasteiger partial charge in [0.25, 0.3) is 0 Å². The second-order valence-electron chi connectivity index (χ2n) is 9.15. The van der Waals surface area contributed by atoms with Crippen LogP contribution < -0.4 is 5.69 Å². The molecule has 2 aromatic carbocycles. The van der Waals surface area contributed by atoms with Gasteiger partial charge in [0.1, 0.15) is 0 Å². The van der Waals surface area contributed by atoms with E-state index >= 15 is 0 Å². The zero-order chi connectivity index (χ0) is 21.5. The molecule has 1 atom stereocenters. The topological polar surface area (TPSA) is 50.4 Å². The Kier molecular flexibility index (Phi) is 5.78. The molecular weight excluding hydrogens is 425 g/mol. The van der Waals surface area contributed by atoms with Crippen LogP contribution in [0.25, 0.3) is 10.9 Å². The van der Waals surface area contributed by atoms with Gasteiger partial charge in [0.05, 0.1) is 0 Å². The molecule has 0 unspecified atom stereocenters. The Morgan fingerprint density at radius 2 is 1.87 bits per heavy atom. The predicted octanol–water partition coefficient (Wildman–Crippen LogP) is 3.27. The summed E-state index contributed by atoms with van der Waals surface area (Å²) in [6.45, 7) is 5.55. The molecule has 0 radical (unpaired) electrons. The van der Waals surface area contributed by atoms with Crippen molar-refractivity contribution in [2.45, 2.75) is 51.9 Å². The van der Waals surface area contributed by atoms with E-state index in [0.717, 1.165) is 46.5 Å². The molecule has 2 heterocycles. The fourth-order valence-electron chi connectivity index (χ4n) is 4.82. The number of aromatic nitrogens is 2. The van der Waals surface area contributed by atoms with Crippen molar-refractivity contribution in [2.75, 3.05) is 13.1 Å². The number of aliphatic hydroxyl groups is 1. The number of fused-ring (bicyclic) bond motifs is 2. The monoisotopic (exact) mass is 456 g/mol. The smallest absolute Gasteiger partial charge is 0 e. The fraction of sp³-hybridized carbons (Fsp3) is 0.440. The molecular formula is C25H31N3O2V. The second-order valence-corrected chi connectivity index (χ2v) is 9.81. The Hall–Kier alpha value is -1.92. The van der Waals surface area contributed by atoms with Crippen LogP contribution in [0.3, 0.4) is 0 Å². The normalized spacial score (nSPS) is 17.6. The van der Waals surface area contributed by atoms with E-state index in [1.807, 2.05) is 10.6 Å². The standard InChI is InChI=1S/C25H29N3O2.V.H2/c1-18-5-4-8-24-23(18)17-27(25(30)28(24)13-19-9-10-19)16-22(29)15-26-12-11-20-6-2-3-7-21(20)14-26;;/h2-8,19,22,29H,9-16H2,1H3;;1H/t22-;;/m1../s1. The summed E-state index contributed by atoms with van der Waals surface area (Å²) in [4.78, 5) is 15.8. The maximum atomic E-state index is 13.5. The molecule has 1 N–H and O–H groups in total. The molecule has 0 amide bonds. The Balaban J connectivity index is 0.00000245. The van der Waals surface area contributed by atoms with E-state index in [4.69, 9.17) is 0 Å². The molecule has 0 saturated heterocycles. The maximum absolute atomic E-state index is 13.5. The summed E-state index contributed by atoms with van der Waals surface area (Å²) in [6.07, 6.45) is 2.81. The molecule has 163 valence electrons. The van der Waals surface area contributed by atoms with Gasteiger partial charge in [-0.2, -0.15) is 0 Å². The first-order chi connectivity index (χ1) is 15.0. The minimum absolute atomic E-state index is 0. The number of rotatable bonds is 6. The van der Waals surface area contributed by atoms with Crippen molar-refractivity contribution in [3.8, 4) is 0 Å². The Morgan fingerprint density at radius 3 is 2.65 bits per heavy atom. The first-order valence-corrected chi connectivity index (χ1v) is 11.9. The van der Waals surface area contributed by atoms with E-state index in [9.17, 15) is 9.90 Å². The molecule has 5 nitrogen and oxygen atoms in total. The zero-order valence-electron chi connectivity index (χ0n) is 18.0. The number of benzene rings is 2. The molecule has 0 spiro atoms. The minimum Gasteiger partial charge on any atom is 0 e. The van der Waals surface area contributed by atoms with Crippen LogP contribution >= 0.6 is 0 Å². The molecule has 3 aromatic rings. The number of aliphatic hydroxyl groups excluding tert-OH is 1. The van der Waals surface area contributed by atoms with E-state index in [1.54, 1.807) is 4.57 Å². The van der Waals surface area contributed by atoms with Gasteiger partial charge in [-0.15, -0.1) is 0 Å². The van der Waals surface area contributed by atoms with Gasteiger partial charge in [-0.1, -0.05) is 0 Å². The molecule has 1 fully saturated rings. The number of nitrogens with zero attached hydrogens (tertiary/aromatic N) is 3. The molecule has 31 heavy (non-hydrogen) atoms. The molecule has 0 bridgehead atoms. The summed E-state index contributed by atoms with van der Waals surface area (Å²) in [5.41, 5.74) is 4.90. The third kappa shape index (κ3) is 4.25. The molecule has 5 rings (SSSR count). The van der Waals surface area contributed by atoms with Crippen molar-refractivity contribution in [1.29, 1.82) is 0 Å². The summed E-state index contributed by atoms with van der Waals surface area (Å²) in [5.74, 6) is 0.602. The van der Waals surface area contributed by atoms with Crippen molar-refractivity contribution < 1.29 is 23.5 Å². The molecule has 2 aliphatic rings. The minimum atomic E-state index is -0.596. The van der Waals surface area contributed by atoms with Crippen LogP contribution in [0, 0.1) is 16.8 Å². The second kappa shape index (κ2) is 8.55. The SMILES string of the molecule is Cc1cccc2c1[c](=[V])n(C[C@H](O)CN1CCc3ccccc3C1)c(=O)n2CC1CC1.[HH]. The van der Waals surface area contributed by atoms with Gasteiger partial charge >= 0.3 is 192 Å². The summed E-state index contributed by atoms with van der Waals surface area (Å²) in [7, 11) is 0. The van der Waals surface area contributed by atoms with Crippen molar-refractivity contribution in [2.24, 2.45) is 5.92 Å². The van der Waals surface area contributed by atoms with Crippen LogP contribution in [-0.2, 0) is 43.0 Å². The van der Waals surface area contributed by atoms with Crippen LogP contribution in [0.2, 0.25) is 0 Å². The zero-order valence-corrected chi connectivity index (χ0v) is 19.4. The van der Waals surface area contributed by atoms with Gasteiger partial charge in [-0.05, 0) is 0 Å². The summed E-state index contributed by atoms with van der Waals surface area (Å²) in [6, 6.07) is 14.7. The summed E-state index contributed by atoms with van der Waals surface area (Å²) in [5, 5.41) is 12.1. The van der Waals surface area contributed by atoms with Crippen molar-refractivity contribution >= 4 is 10.9 Å². The van der Waals surface area contributed by atoms with E-state index in [1.165, 1.54) is 24.0 Å². The van der Waals surface area contributed by atoms with E-state index in [2.05, 4.69) is 65.2 Å². The average Bonchev–Trinajstić information content (AvgIpc) is 3.58. The van der Waals surface area contributed by atoms with Gasteiger partial charge in [0.15, 0.2) is 0 Å². The number of β-amino-alcohol motifs (C(OH)–C–C–N with tert-alkyl or cyclic N) is 1. The fourth-order valence-corrected chi connectivity index (χ4v) is 5.53. The first-order valence-electron chi connectivity index (χ1n) is 11.2. The summed E-state index contributed by atoms with van der Waals surface area (Å²) >= 11 is 2.58. The molecule has 1 saturated carbocycles. The first kappa shape index (κ1) is 21.0. The molecule has 1 aromatic heterocycles. The Morgan fingerprint density at radius 1 is 1.10 bits per heavy atom. The van der Waals surface area contributed by atoms with Gasteiger partial charge in [-0.3, -0.25) is 0 Å². The predicted molar refractivity (Wildman–Crippen MR) is 120 cm³/mol. The van der Waals surface area contributed by atoms with Crippen LogP contribution in [0.4, 0.5) is 0 Å². The molecule has 6 heteroatoms.